The average molecular weight is 265 g/mol. The molecular formula is C12H15N3O4-2. The maximum atomic E-state index is 11.1. The third kappa shape index (κ3) is 3.34. The normalized spacial score (nSPS) is 10.3. The molecule has 1 aromatic heterocycles. The first kappa shape index (κ1) is 14.7. The fourth-order valence-electron chi connectivity index (χ4n) is 1.86. The standard InChI is InChI=1S/C12H17N3O4/c1-3-14(11(16)17)10(15(4-2)12(18)19)9-6-5-7-13-8-9/h5-8,10H,3-4H2,1-2H3,(H,16,17)(H,18,19)/p-2. The molecule has 2 amide bonds. The van der Waals surface area contributed by atoms with Gasteiger partial charge in [0.25, 0.3) is 0 Å². The second-order valence-corrected chi connectivity index (χ2v) is 3.76. The molecule has 0 aliphatic carbocycles. The molecule has 7 heteroatoms. The Hall–Kier alpha value is -2.31. The highest BCUT2D eigenvalue weighted by Crippen LogP contribution is 2.23. The van der Waals surface area contributed by atoms with Crippen LogP contribution in [0.1, 0.15) is 25.6 Å². The molecule has 0 unspecified atom stereocenters. The highest BCUT2D eigenvalue weighted by molar-refractivity contribution is 5.67. The number of carbonyl (C=O) groups is 2. The molecule has 0 bridgehead atoms. The zero-order chi connectivity index (χ0) is 14.4. The maximum absolute atomic E-state index is 11.1. The van der Waals surface area contributed by atoms with Crippen LogP contribution in [0.5, 0.6) is 0 Å². The molecule has 0 aliphatic rings. The van der Waals surface area contributed by atoms with Gasteiger partial charge >= 0.3 is 0 Å². The van der Waals surface area contributed by atoms with Crippen molar-refractivity contribution < 1.29 is 19.8 Å². The van der Waals surface area contributed by atoms with Gasteiger partial charge in [-0.3, -0.25) is 4.98 Å². The van der Waals surface area contributed by atoms with Crippen molar-refractivity contribution in [3.05, 3.63) is 30.1 Å². The number of rotatable bonds is 5. The van der Waals surface area contributed by atoms with E-state index in [0.29, 0.717) is 5.56 Å². The van der Waals surface area contributed by atoms with Crippen molar-refractivity contribution in [3.8, 4) is 0 Å². The first-order chi connectivity index (χ1) is 9.02. The van der Waals surface area contributed by atoms with E-state index in [2.05, 4.69) is 4.98 Å². The van der Waals surface area contributed by atoms with Crippen LogP contribution in [0.4, 0.5) is 9.59 Å². The Morgan fingerprint density at radius 3 is 2.05 bits per heavy atom. The third-order valence-electron chi connectivity index (χ3n) is 2.72. The predicted octanol–water partition coefficient (Wildman–Crippen LogP) is -0.589. The molecule has 0 aliphatic heterocycles. The van der Waals surface area contributed by atoms with Crippen LogP contribution in [-0.2, 0) is 0 Å². The van der Waals surface area contributed by atoms with Crippen molar-refractivity contribution >= 4 is 12.2 Å². The number of pyridine rings is 1. The largest absolute Gasteiger partial charge is 0.530 e. The van der Waals surface area contributed by atoms with Crippen molar-refractivity contribution in [2.45, 2.75) is 20.0 Å². The van der Waals surface area contributed by atoms with Crippen LogP contribution in [0.15, 0.2) is 24.5 Å². The summed E-state index contributed by atoms with van der Waals surface area (Å²) in [6, 6.07) is 3.21. The van der Waals surface area contributed by atoms with E-state index in [1.54, 1.807) is 26.0 Å². The number of carboxylic acid groups (broad SMARTS) is 2. The molecule has 0 spiro atoms. The second kappa shape index (κ2) is 6.58. The lowest BCUT2D eigenvalue weighted by Crippen LogP contribution is -2.53. The molecule has 0 radical (unpaired) electrons. The fourth-order valence-corrected chi connectivity index (χ4v) is 1.86. The van der Waals surface area contributed by atoms with Gasteiger partial charge in [0.1, 0.15) is 18.4 Å². The van der Waals surface area contributed by atoms with Crippen molar-refractivity contribution in [1.29, 1.82) is 0 Å². The van der Waals surface area contributed by atoms with Gasteiger partial charge in [0, 0.05) is 31.0 Å². The van der Waals surface area contributed by atoms with E-state index in [9.17, 15) is 19.8 Å². The first-order valence-electron chi connectivity index (χ1n) is 5.88. The highest BCUT2D eigenvalue weighted by atomic mass is 16.4. The summed E-state index contributed by atoms with van der Waals surface area (Å²) in [5.74, 6) is 0. The molecule has 0 aromatic carbocycles. The zero-order valence-corrected chi connectivity index (χ0v) is 10.8. The Morgan fingerprint density at radius 2 is 1.74 bits per heavy atom. The monoisotopic (exact) mass is 265 g/mol. The third-order valence-corrected chi connectivity index (χ3v) is 2.72. The number of hydrogen-bond donors (Lipinski definition) is 0. The number of nitrogens with zero attached hydrogens (tertiary/aromatic N) is 3. The van der Waals surface area contributed by atoms with Crippen LogP contribution in [0, 0.1) is 0 Å². The quantitative estimate of drug-likeness (QED) is 0.662. The molecule has 104 valence electrons. The lowest BCUT2D eigenvalue weighted by Gasteiger charge is -2.41. The summed E-state index contributed by atoms with van der Waals surface area (Å²) < 4.78 is 0. The zero-order valence-electron chi connectivity index (χ0n) is 10.8. The Morgan fingerprint density at radius 1 is 1.21 bits per heavy atom. The van der Waals surface area contributed by atoms with Crippen LogP contribution in [0.3, 0.4) is 0 Å². The SMILES string of the molecule is CCN(C(=O)[O-])C(c1cccnc1)N(CC)C(=O)[O-]. The molecule has 0 fully saturated rings. The van der Waals surface area contributed by atoms with Gasteiger partial charge in [0.2, 0.25) is 0 Å². The first-order valence-corrected chi connectivity index (χ1v) is 5.88. The van der Waals surface area contributed by atoms with Gasteiger partial charge in [0.05, 0.1) is 0 Å². The van der Waals surface area contributed by atoms with Crippen LogP contribution in [0.2, 0.25) is 0 Å². The topological polar surface area (TPSA) is 99.6 Å². The van der Waals surface area contributed by atoms with Gasteiger partial charge in [-0.05, 0) is 19.9 Å². The van der Waals surface area contributed by atoms with Crippen molar-refractivity contribution in [2.24, 2.45) is 0 Å². The van der Waals surface area contributed by atoms with E-state index in [-0.39, 0.29) is 13.1 Å². The Bertz CT molecular complexity index is 416. The Balaban J connectivity index is 3.24. The summed E-state index contributed by atoms with van der Waals surface area (Å²) in [6.45, 7) is 3.38. The average Bonchev–Trinajstić information content (AvgIpc) is 2.39. The van der Waals surface area contributed by atoms with Crippen LogP contribution in [0.25, 0.3) is 0 Å². The second-order valence-electron chi connectivity index (χ2n) is 3.76. The van der Waals surface area contributed by atoms with Gasteiger partial charge in [-0.2, -0.15) is 0 Å². The van der Waals surface area contributed by atoms with E-state index >= 15 is 0 Å². The lowest BCUT2D eigenvalue weighted by atomic mass is 10.2. The maximum Gasteiger partial charge on any atom is 0.138 e. The molecule has 7 nitrogen and oxygen atoms in total. The van der Waals surface area contributed by atoms with Gasteiger partial charge in [-0.15, -0.1) is 0 Å². The van der Waals surface area contributed by atoms with Gasteiger partial charge < -0.3 is 29.6 Å². The van der Waals surface area contributed by atoms with Gasteiger partial charge in [-0.1, -0.05) is 6.07 Å². The predicted molar refractivity (Wildman–Crippen MR) is 62.5 cm³/mol. The van der Waals surface area contributed by atoms with E-state index < -0.39 is 18.4 Å². The summed E-state index contributed by atoms with van der Waals surface area (Å²) in [5.41, 5.74) is 0.444. The minimum Gasteiger partial charge on any atom is -0.530 e. The smallest absolute Gasteiger partial charge is 0.138 e. The van der Waals surface area contributed by atoms with Crippen LogP contribution < -0.4 is 10.2 Å². The molecule has 1 rings (SSSR count). The molecule has 0 atom stereocenters. The molecule has 1 heterocycles. The molecule has 0 saturated carbocycles. The Kier molecular flexibility index (Phi) is 5.11. The summed E-state index contributed by atoms with van der Waals surface area (Å²) >= 11 is 0. The summed E-state index contributed by atoms with van der Waals surface area (Å²) in [6.07, 6.45) is -0.974. The van der Waals surface area contributed by atoms with Crippen LogP contribution >= 0.6 is 0 Å². The fraction of sp³-hybridized carbons (Fsp3) is 0.417. The van der Waals surface area contributed by atoms with Crippen LogP contribution in [-0.4, -0.2) is 40.1 Å². The van der Waals surface area contributed by atoms with Crippen molar-refractivity contribution in [2.75, 3.05) is 13.1 Å². The lowest BCUT2D eigenvalue weighted by molar-refractivity contribution is -0.282. The van der Waals surface area contributed by atoms with E-state index in [1.807, 2.05) is 0 Å². The number of amides is 2. The Labute approximate surface area is 111 Å². The van der Waals surface area contributed by atoms with Gasteiger partial charge in [-0.25, -0.2) is 0 Å². The molecule has 0 saturated heterocycles. The van der Waals surface area contributed by atoms with E-state index in [4.69, 9.17) is 0 Å². The summed E-state index contributed by atoms with van der Waals surface area (Å²) in [7, 11) is 0. The van der Waals surface area contributed by atoms with Crippen molar-refractivity contribution in [1.82, 2.24) is 14.8 Å². The number of hydrogen-bond acceptors (Lipinski definition) is 5. The highest BCUT2D eigenvalue weighted by Gasteiger charge is 2.25. The molecule has 0 N–H and O–H groups in total. The minimum absolute atomic E-state index is 0.0890. The molecular weight excluding hydrogens is 250 g/mol. The molecule has 19 heavy (non-hydrogen) atoms. The van der Waals surface area contributed by atoms with E-state index in [1.165, 1.54) is 12.4 Å². The molecule has 1 aromatic rings. The number of carbonyl (C=O) groups excluding carboxylic acids is 2. The summed E-state index contributed by atoms with van der Waals surface area (Å²) in [5, 5.41) is 22.3. The number of aromatic nitrogens is 1. The van der Waals surface area contributed by atoms with Gasteiger partial charge in [0.15, 0.2) is 0 Å². The minimum atomic E-state index is -1.45. The van der Waals surface area contributed by atoms with E-state index in [0.717, 1.165) is 9.80 Å². The summed E-state index contributed by atoms with van der Waals surface area (Å²) in [4.78, 5) is 28.0. The van der Waals surface area contributed by atoms with Crippen molar-refractivity contribution in [3.63, 3.8) is 0 Å².